The molecule has 0 aliphatic carbocycles. The largest absolute Gasteiger partial charge is 0.441 e. The Morgan fingerprint density at radius 1 is 1.35 bits per heavy atom. The molecule has 0 N–H and O–H groups in total. The fraction of sp³-hybridized carbons (Fsp3) is 0.118. The van der Waals surface area contributed by atoms with E-state index in [1.807, 2.05) is 12.1 Å². The summed E-state index contributed by atoms with van der Waals surface area (Å²) in [4.78, 5) is 29.2. The third-order valence-electron chi connectivity index (χ3n) is 3.45. The van der Waals surface area contributed by atoms with Gasteiger partial charge >= 0.3 is 0 Å². The molecule has 3 aromatic rings. The molecule has 0 bridgehead atoms. The molecule has 0 atom stereocenters. The first-order valence-electron chi connectivity index (χ1n) is 6.92. The summed E-state index contributed by atoms with van der Waals surface area (Å²) in [5.41, 5.74) is 1.28. The number of fused-ring (bicyclic) bond motifs is 1. The Kier molecular flexibility index (Phi) is 4.25. The lowest BCUT2D eigenvalue weighted by Crippen LogP contribution is -2.26. The van der Waals surface area contributed by atoms with Gasteiger partial charge < -0.3 is 9.32 Å². The molecule has 5 nitrogen and oxygen atoms in total. The number of halogens is 1. The normalized spacial score (nSPS) is 10.7. The van der Waals surface area contributed by atoms with Crippen LogP contribution < -0.4 is 0 Å². The number of benzene rings is 1. The van der Waals surface area contributed by atoms with E-state index in [1.54, 1.807) is 37.5 Å². The van der Waals surface area contributed by atoms with E-state index in [0.29, 0.717) is 35.4 Å². The number of carbonyl (C=O) groups is 2. The van der Waals surface area contributed by atoms with Crippen LogP contribution in [0.25, 0.3) is 11.1 Å². The molecule has 2 heterocycles. The zero-order valence-electron chi connectivity index (χ0n) is 12.3. The van der Waals surface area contributed by atoms with Crippen LogP contribution in [0, 0.1) is 0 Å². The standard InChI is InChI=1S/C17H13BrN2O3/c1-20(17(22)15-5-3-2-4-11(15)10-21)9-14-7-12-6-13(18)8-19-16(12)23-14/h2-8,10H,9H2,1H3. The second-order valence-corrected chi connectivity index (χ2v) is 6.04. The van der Waals surface area contributed by atoms with Crippen molar-refractivity contribution in [2.24, 2.45) is 0 Å². The molecule has 0 spiro atoms. The first kappa shape index (κ1) is 15.4. The summed E-state index contributed by atoms with van der Waals surface area (Å²) in [5.74, 6) is 0.396. The zero-order chi connectivity index (χ0) is 16.4. The van der Waals surface area contributed by atoms with Gasteiger partial charge in [0.1, 0.15) is 5.76 Å². The minimum absolute atomic E-state index is 0.234. The summed E-state index contributed by atoms with van der Waals surface area (Å²) in [6, 6.07) is 10.5. The minimum Gasteiger partial charge on any atom is -0.441 e. The molecule has 0 aliphatic rings. The van der Waals surface area contributed by atoms with Crippen LogP contribution in [0.1, 0.15) is 26.5 Å². The fourth-order valence-corrected chi connectivity index (χ4v) is 2.69. The maximum absolute atomic E-state index is 12.5. The molecule has 23 heavy (non-hydrogen) atoms. The van der Waals surface area contributed by atoms with Crippen molar-refractivity contribution in [2.45, 2.75) is 6.54 Å². The quantitative estimate of drug-likeness (QED) is 0.655. The Bertz CT molecular complexity index is 888. The number of rotatable bonds is 4. The maximum atomic E-state index is 12.5. The van der Waals surface area contributed by atoms with Crippen LogP contribution in [0.15, 0.2) is 51.5 Å². The van der Waals surface area contributed by atoms with Crippen LogP contribution in [0.3, 0.4) is 0 Å². The molecule has 0 radical (unpaired) electrons. The Morgan fingerprint density at radius 3 is 2.91 bits per heavy atom. The smallest absolute Gasteiger partial charge is 0.254 e. The predicted octanol–water partition coefficient (Wildman–Crippen LogP) is 3.68. The van der Waals surface area contributed by atoms with E-state index in [9.17, 15) is 9.59 Å². The number of aldehydes is 1. The molecular formula is C17H13BrN2O3. The number of pyridine rings is 1. The van der Waals surface area contributed by atoms with Crippen LogP contribution in [-0.4, -0.2) is 29.1 Å². The van der Waals surface area contributed by atoms with E-state index in [1.165, 1.54) is 4.90 Å². The molecule has 1 aromatic carbocycles. The summed E-state index contributed by atoms with van der Waals surface area (Å²) >= 11 is 3.36. The Hall–Kier alpha value is -2.47. The van der Waals surface area contributed by atoms with Gasteiger partial charge in [-0.25, -0.2) is 4.98 Å². The highest BCUT2D eigenvalue weighted by atomic mass is 79.9. The summed E-state index contributed by atoms with van der Waals surface area (Å²) < 4.78 is 6.50. The van der Waals surface area contributed by atoms with Crippen LogP contribution in [-0.2, 0) is 6.54 Å². The van der Waals surface area contributed by atoms with Gasteiger partial charge in [-0.2, -0.15) is 0 Å². The molecule has 116 valence electrons. The number of carbonyl (C=O) groups excluding carboxylic acids is 2. The molecule has 3 rings (SSSR count). The second-order valence-electron chi connectivity index (χ2n) is 5.13. The third-order valence-corrected chi connectivity index (χ3v) is 3.88. The number of furan rings is 1. The van der Waals surface area contributed by atoms with Crippen molar-refractivity contribution in [3.8, 4) is 0 Å². The summed E-state index contributed by atoms with van der Waals surface area (Å²) in [6.07, 6.45) is 2.34. The molecule has 1 amide bonds. The number of nitrogens with zero attached hydrogens (tertiary/aromatic N) is 2. The van der Waals surface area contributed by atoms with Gasteiger partial charge in [-0.3, -0.25) is 9.59 Å². The van der Waals surface area contributed by atoms with Gasteiger partial charge in [0.2, 0.25) is 5.71 Å². The molecule has 0 saturated carbocycles. The van der Waals surface area contributed by atoms with Crippen LogP contribution in [0.2, 0.25) is 0 Å². The monoisotopic (exact) mass is 372 g/mol. The number of hydrogen-bond donors (Lipinski definition) is 0. The first-order chi connectivity index (χ1) is 11.1. The average Bonchev–Trinajstić information content (AvgIpc) is 2.95. The highest BCUT2D eigenvalue weighted by Gasteiger charge is 2.17. The molecule has 0 saturated heterocycles. The van der Waals surface area contributed by atoms with Crippen molar-refractivity contribution in [3.05, 3.63) is 64.0 Å². The Balaban J connectivity index is 1.83. The molecule has 0 unspecified atom stereocenters. The van der Waals surface area contributed by atoms with Crippen LogP contribution in [0.4, 0.5) is 0 Å². The lowest BCUT2D eigenvalue weighted by atomic mass is 10.1. The molecule has 0 fully saturated rings. The summed E-state index contributed by atoms with van der Waals surface area (Å²) in [5, 5.41) is 0.864. The van der Waals surface area contributed by atoms with Crippen molar-refractivity contribution in [3.63, 3.8) is 0 Å². The van der Waals surface area contributed by atoms with E-state index < -0.39 is 0 Å². The van der Waals surface area contributed by atoms with Crippen molar-refractivity contribution in [2.75, 3.05) is 7.05 Å². The molecule has 2 aromatic heterocycles. The lowest BCUT2D eigenvalue weighted by molar-refractivity contribution is 0.0773. The van der Waals surface area contributed by atoms with Gasteiger partial charge in [-0.05, 0) is 34.1 Å². The van der Waals surface area contributed by atoms with E-state index in [4.69, 9.17) is 4.42 Å². The molecular weight excluding hydrogens is 360 g/mol. The van der Waals surface area contributed by atoms with Crippen molar-refractivity contribution in [1.29, 1.82) is 0 Å². The number of hydrogen-bond acceptors (Lipinski definition) is 4. The van der Waals surface area contributed by atoms with Crippen molar-refractivity contribution in [1.82, 2.24) is 9.88 Å². The van der Waals surface area contributed by atoms with E-state index in [-0.39, 0.29) is 5.91 Å². The predicted molar refractivity (Wildman–Crippen MR) is 89.3 cm³/mol. The van der Waals surface area contributed by atoms with Gasteiger partial charge in [0.15, 0.2) is 6.29 Å². The highest BCUT2D eigenvalue weighted by Crippen LogP contribution is 2.22. The summed E-state index contributed by atoms with van der Waals surface area (Å²) in [7, 11) is 1.67. The van der Waals surface area contributed by atoms with E-state index in [0.717, 1.165) is 9.86 Å². The van der Waals surface area contributed by atoms with Gasteiger partial charge in [0.25, 0.3) is 5.91 Å². The molecule has 6 heteroatoms. The van der Waals surface area contributed by atoms with Crippen molar-refractivity contribution >= 4 is 39.2 Å². The zero-order valence-corrected chi connectivity index (χ0v) is 13.9. The van der Waals surface area contributed by atoms with Crippen LogP contribution in [0.5, 0.6) is 0 Å². The fourth-order valence-electron chi connectivity index (χ4n) is 2.34. The van der Waals surface area contributed by atoms with Crippen molar-refractivity contribution < 1.29 is 14.0 Å². The topological polar surface area (TPSA) is 63.4 Å². The molecule has 0 aliphatic heterocycles. The van der Waals surface area contributed by atoms with E-state index in [2.05, 4.69) is 20.9 Å². The highest BCUT2D eigenvalue weighted by molar-refractivity contribution is 9.10. The summed E-state index contributed by atoms with van der Waals surface area (Å²) in [6.45, 7) is 0.292. The second kappa shape index (κ2) is 6.34. The first-order valence-corrected chi connectivity index (χ1v) is 7.71. The Labute approximate surface area is 141 Å². The number of amides is 1. The minimum atomic E-state index is -0.234. The van der Waals surface area contributed by atoms with Crippen LogP contribution >= 0.6 is 15.9 Å². The number of aromatic nitrogens is 1. The van der Waals surface area contributed by atoms with E-state index >= 15 is 0 Å². The lowest BCUT2D eigenvalue weighted by Gasteiger charge is -2.16. The van der Waals surface area contributed by atoms with Gasteiger partial charge in [-0.15, -0.1) is 0 Å². The van der Waals surface area contributed by atoms with Gasteiger partial charge in [0, 0.05) is 28.7 Å². The maximum Gasteiger partial charge on any atom is 0.254 e. The van der Waals surface area contributed by atoms with Gasteiger partial charge in [-0.1, -0.05) is 18.2 Å². The van der Waals surface area contributed by atoms with Gasteiger partial charge in [0.05, 0.1) is 12.1 Å². The average molecular weight is 373 g/mol. The SMILES string of the molecule is CN(Cc1cc2cc(Br)cnc2o1)C(=O)c1ccccc1C=O. The Morgan fingerprint density at radius 2 is 2.13 bits per heavy atom. The third kappa shape index (κ3) is 3.17.